The van der Waals surface area contributed by atoms with Crippen molar-refractivity contribution in [3.63, 3.8) is 0 Å². The third-order valence-corrected chi connectivity index (χ3v) is 3.77. The zero-order valence-electron chi connectivity index (χ0n) is 8.81. The maximum atomic E-state index is 6.17. The van der Waals surface area contributed by atoms with Gasteiger partial charge in [-0.05, 0) is 31.0 Å². The van der Waals surface area contributed by atoms with Gasteiger partial charge in [0.2, 0.25) is 0 Å². The average molecular weight is 274 g/mol. The fraction of sp³-hybridized carbons (Fsp3) is 0.231. The molecule has 1 aliphatic rings. The molecule has 0 aliphatic heterocycles. The average Bonchev–Trinajstić information content (AvgIpc) is 2.25. The molecule has 0 bridgehead atoms. The van der Waals surface area contributed by atoms with E-state index in [0.717, 1.165) is 12.0 Å². The van der Waals surface area contributed by atoms with Crippen LogP contribution in [0.4, 0.5) is 0 Å². The molecule has 1 atom stereocenters. The van der Waals surface area contributed by atoms with Crippen LogP contribution < -0.4 is 0 Å². The molecule has 84 valence electrons. The highest BCUT2D eigenvalue weighted by molar-refractivity contribution is 6.43. The fourth-order valence-electron chi connectivity index (χ4n) is 1.78. The van der Waals surface area contributed by atoms with Crippen LogP contribution in [-0.4, -0.2) is 0 Å². The summed E-state index contributed by atoms with van der Waals surface area (Å²) in [5, 5.41) is 1.74. The quantitative estimate of drug-likeness (QED) is 0.581. The minimum Gasteiger partial charge on any atom is -0.0840 e. The Hall–Kier alpha value is -0.430. The van der Waals surface area contributed by atoms with Crippen LogP contribution in [0.1, 0.15) is 24.8 Å². The minimum absolute atomic E-state index is 0.297. The molecule has 0 saturated heterocycles. The maximum absolute atomic E-state index is 6.17. The molecule has 2 rings (SSSR count). The molecule has 0 heterocycles. The zero-order chi connectivity index (χ0) is 11.7. The summed E-state index contributed by atoms with van der Waals surface area (Å²) in [6, 6.07) is 3.56. The van der Waals surface area contributed by atoms with Crippen LogP contribution in [0.25, 0.3) is 0 Å². The van der Waals surface area contributed by atoms with E-state index in [2.05, 4.69) is 25.2 Å². The molecule has 16 heavy (non-hydrogen) atoms. The van der Waals surface area contributed by atoms with Crippen molar-refractivity contribution in [3.8, 4) is 0 Å². The first-order valence-electron chi connectivity index (χ1n) is 5.07. The number of hydrogen-bond acceptors (Lipinski definition) is 0. The Balaban J connectivity index is 2.35. The van der Waals surface area contributed by atoms with Crippen molar-refractivity contribution < 1.29 is 0 Å². The molecule has 0 fully saturated rings. The van der Waals surface area contributed by atoms with Gasteiger partial charge in [0, 0.05) is 10.9 Å². The first-order valence-corrected chi connectivity index (χ1v) is 6.20. The second-order valence-electron chi connectivity index (χ2n) is 3.94. The lowest BCUT2D eigenvalue weighted by atomic mass is 9.90. The molecule has 0 nitrogen and oxygen atoms in total. The van der Waals surface area contributed by atoms with E-state index in [1.54, 1.807) is 6.07 Å². The van der Waals surface area contributed by atoms with E-state index in [4.69, 9.17) is 34.8 Å². The highest BCUT2D eigenvalue weighted by Crippen LogP contribution is 2.36. The maximum Gasteiger partial charge on any atom is 0.0607 e. The SMILES string of the molecule is CC1=CCC(c2cc(Cl)c(Cl)cc2Cl)C=C1. The Labute approximate surface area is 111 Å². The van der Waals surface area contributed by atoms with Gasteiger partial charge in [-0.1, -0.05) is 58.6 Å². The van der Waals surface area contributed by atoms with Gasteiger partial charge in [-0.15, -0.1) is 0 Å². The number of benzene rings is 1. The van der Waals surface area contributed by atoms with E-state index in [1.165, 1.54) is 5.57 Å². The normalized spacial score (nSPS) is 19.8. The largest absolute Gasteiger partial charge is 0.0840 e. The van der Waals surface area contributed by atoms with E-state index in [9.17, 15) is 0 Å². The molecular weight excluding hydrogens is 263 g/mol. The Morgan fingerprint density at radius 2 is 1.75 bits per heavy atom. The summed E-state index contributed by atoms with van der Waals surface area (Å²) < 4.78 is 0. The summed E-state index contributed by atoms with van der Waals surface area (Å²) >= 11 is 18.1. The molecule has 1 unspecified atom stereocenters. The summed E-state index contributed by atoms with van der Waals surface area (Å²) in [5.74, 6) is 0.297. The molecule has 1 aromatic rings. The monoisotopic (exact) mass is 272 g/mol. The van der Waals surface area contributed by atoms with Crippen LogP contribution >= 0.6 is 34.8 Å². The van der Waals surface area contributed by atoms with Gasteiger partial charge >= 0.3 is 0 Å². The lowest BCUT2D eigenvalue weighted by Crippen LogP contribution is -1.99. The van der Waals surface area contributed by atoms with Crippen molar-refractivity contribution in [1.29, 1.82) is 0 Å². The standard InChI is InChI=1S/C13H11Cl3/c1-8-2-4-9(5-3-8)10-6-12(15)13(16)7-11(10)14/h2-4,6-7,9H,5H2,1H3. The number of halogens is 3. The molecule has 1 aliphatic carbocycles. The van der Waals surface area contributed by atoms with Gasteiger partial charge in [-0.25, -0.2) is 0 Å². The third-order valence-electron chi connectivity index (χ3n) is 2.72. The van der Waals surface area contributed by atoms with Crippen molar-refractivity contribution in [3.05, 3.63) is 56.6 Å². The lowest BCUT2D eigenvalue weighted by molar-refractivity contribution is 0.845. The van der Waals surface area contributed by atoms with Crippen LogP contribution in [0.15, 0.2) is 35.9 Å². The van der Waals surface area contributed by atoms with E-state index >= 15 is 0 Å². The predicted molar refractivity (Wildman–Crippen MR) is 71.7 cm³/mol. The topological polar surface area (TPSA) is 0 Å². The smallest absolute Gasteiger partial charge is 0.0607 e. The van der Waals surface area contributed by atoms with Gasteiger partial charge < -0.3 is 0 Å². The fourth-order valence-corrected chi connectivity index (χ4v) is 2.48. The van der Waals surface area contributed by atoms with Crippen LogP contribution in [0.2, 0.25) is 15.1 Å². The Bertz CT molecular complexity index is 472. The number of hydrogen-bond donors (Lipinski definition) is 0. The van der Waals surface area contributed by atoms with Crippen LogP contribution in [0.5, 0.6) is 0 Å². The Morgan fingerprint density at radius 3 is 2.38 bits per heavy atom. The first kappa shape index (κ1) is 12.0. The van der Waals surface area contributed by atoms with Gasteiger partial charge in [-0.2, -0.15) is 0 Å². The zero-order valence-corrected chi connectivity index (χ0v) is 11.1. The molecule has 0 aromatic heterocycles. The van der Waals surface area contributed by atoms with Gasteiger partial charge in [0.15, 0.2) is 0 Å². The second kappa shape index (κ2) is 4.83. The highest BCUT2D eigenvalue weighted by atomic mass is 35.5. The molecule has 0 saturated carbocycles. The van der Waals surface area contributed by atoms with E-state index < -0.39 is 0 Å². The molecule has 0 N–H and O–H groups in total. The summed E-state index contributed by atoms with van der Waals surface area (Å²) in [7, 11) is 0. The van der Waals surface area contributed by atoms with E-state index in [1.807, 2.05) is 6.07 Å². The molecule has 1 aromatic carbocycles. The van der Waals surface area contributed by atoms with Gasteiger partial charge in [0.25, 0.3) is 0 Å². The summed E-state index contributed by atoms with van der Waals surface area (Å²) in [6.45, 7) is 2.09. The highest BCUT2D eigenvalue weighted by Gasteiger charge is 2.15. The Morgan fingerprint density at radius 1 is 1.06 bits per heavy atom. The van der Waals surface area contributed by atoms with Gasteiger partial charge in [0.1, 0.15) is 0 Å². The van der Waals surface area contributed by atoms with Crippen molar-refractivity contribution in [1.82, 2.24) is 0 Å². The molecule has 0 amide bonds. The number of rotatable bonds is 1. The second-order valence-corrected chi connectivity index (χ2v) is 5.16. The van der Waals surface area contributed by atoms with E-state index in [0.29, 0.717) is 21.0 Å². The third kappa shape index (κ3) is 2.45. The Kier molecular flexibility index (Phi) is 3.63. The predicted octanol–water partition coefficient (Wildman–Crippen LogP) is 5.64. The summed E-state index contributed by atoms with van der Waals surface area (Å²) in [6.07, 6.45) is 7.41. The van der Waals surface area contributed by atoms with Crippen molar-refractivity contribution in [2.45, 2.75) is 19.3 Å². The van der Waals surface area contributed by atoms with E-state index in [-0.39, 0.29) is 0 Å². The number of allylic oxidation sites excluding steroid dienone is 4. The van der Waals surface area contributed by atoms with Crippen LogP contribution in [0, 0.1) is 0 Å². The molecule has 0 radical (unpaired) electrons. The minimum atomic E-state index is 0.297. The van der Waals surface area contributed by atoms with Crippen molar-refractivity contribution in [2.24, 2.45) is 0 Å². The van der Waals surface area contributed by atoms with Crippen LogP contribution in [-0.2, 0) is 0 Å². The summed E-state index contributed by atoms with van der Waals surface area (Å²) in [4.78, 5) is 0. The van der Waals surface area contributed by atoms with Crippen molar-refractivity contribution in [2.75, 3.05) is 0 Å². The molecular formula is C13H11Cl3. The summed E-state index contributed by atoms with van der Waals surface area (Å²) in [5.41, 5.74) is 2.32. The van der Waals surface area contributed by atoms with Gasteiger partial charge in [-0.3, -0.25) is 0 Å². The van der Waals surface area contributed by atoms with Crippen molar-refractivity contribution >= 4 is 34.8 Å². The first-order chi connectivity index (χ1) is 7.58. The molecule has 3 heteroatoms. The molecule has 0 spiro atoms. The lowest BCUT2D eigenvalue weighted by Gasteiger charge is -2.17. The van der Waals surface area contributed by atoms with Gasteiger partial charge in [0.05, 0.1) is 10.0 Å². The van der Waals surface area contributed by atoms with Crippen LogP contribution in [0.3, 0.4) is 0 Å².